The van der Waals surface area contributed by atoms with Gasteiger partial charge in [0.1, 0.15) is 0 Å². The smallest absolute Gasteiger partial charge is 0.284 e. The highest BCUT2D eigenvalue weighted by atomic mass is 31.2. The summed E-state index contributed by atoms with van der Waals surface area (Å²) in [7, 11) is -5.53. The van der Waals surface area contributed by atoms with Gasteiger partial charge in [0, 0.05) is 5.54 Å². The highest BCUT2D eigenvalue weighted by molar-refractivity contribution is 7.48. The minimum absolute atomic E-state index is 0.240. The summed E-state index contributed by atoms with van der Waals surface area (Å²) in [6.45, 7) is 6.93. The maximum absolute atomic E-state index is 12.6. The third-order valence-corrected chi connectivity index (χ3v) is 5.78. The molecule has 3 nitrogen and oxygen atoms in total. The first-order valence-electron chi connectivity index (χ1n) is 3.90. The summed E-state index contributed by atoms with van der Waals surface area (Å²) in [5, 5.41) is 0. The minimum atomic E-state index is -4.17. The Hall–Kier alpha value is 0.297. The van der Waals surface area contributed by atoms with Gasteiger partial charge in [-0.25, -0.2) is 4.57 Å². The van der Waals surface area contributed by atoms with Crippen molar-refractivity contribution in [3.8, 4) is 0 Å². The summed E-state index contributed by atoms with van der Waals surface area (Å²) in [4.78, 5) is 0. The van der Waals surface area contributed by atoms with Gasteiger partial charge in [0.2, 0.25) is 0 Å². The van der Waals surface area contributed by atoms with Gasteiger partial charge in [-0.15, -0.1) is 4.20 Å². The van der Waals surface area contributed by atoms with Crippen molar-refractivity contribution >= 4 is 16.0 Å². The second kappa shape index (κ2) is 3.22. The zero-order valence-electron chi connectivity index (χ0n) is 7.54. The molecular formula is C6H14FO3PSi. The van der Waals surface area contributed by atoms with E-state index >= 15 is 0 Å². The second-order valence-corrected chi connectivity index (χ2v) is 11.0. The molecule has 0 bridgehead atoms. The molecule has 0 N–H and O–H groups in total. The fourth-order valence-electron chi connectivity index (χ4n) is 0.943. The van der Waals surface area contributed by atoms with Crippen LogP contribution in [0.15, 0.2) is 0 Å². The fraction of sp³-hybridized carbons (Fsp3) is 1.00. The van der Waals surface area contributed by atoms with E-state index in [0.717, 1.165) is 0 Å². The molecule has 0 aromatic carbocycles. The molecule has 0 amide bonds. The number of halogens is 1. The van der Waals surface area contributed by atoms with Gasteiger partial charge in [-0.2, -0.15) is 0 Å². The SMILES string of the molecule is C[Si](C)(C)C1COP(=O)(F)OC1. The Morgan fingerprint density at radius 2 is 1.75 bits per heavy atom. The molecule has 0 aromatic heterocycles. The Morgan fingerprint density at radius 3 is 2.08 bits per heavy atom. The van der Waals surface area contributed by atoms with E-state index in [2.05, 4.69) is 28.7 Å². The van der Waals surface area contributed by atoms with Crippen molar-refractivity contribution in [1.82, 2.24) is 0 Å². The lowest BCUT2D eigenvalue weighted by Crippen LogP contribution is -2.35. The Morgan fingerprint density at radius 1 is 1.33 bits per heavy atom. The molecule has 0 saturated carbocycles. The van der Waals surface area contributed by atoms with Crippen LogP contribution in [-0.4, -0.2) is 21.3 Å². The summed E-state index contributed by atoms with van der Waals surface area (Å²) in [5.74, 6) is 0. The van der Waals surface area contributed by atoms with E-state index in [1.165, 1.54) is 0 Å². The second-order valence-electron chi connectivity index (χ2n) is 4.09. The molecule has 1 saturated heterocycles. The molecule has 1 fully saturated rings. The van der Waals surface area contributed by atoms with E-state index < -0.39 is 16.0 Å². The first kappa shape index (κ1) is 10.4. The van der Waals surface area contributed by atoms with Crippen LogP contribution < -0.4 is 0 Å². The molecular weight excluding hydrogens is 198 g/mol. The molecule has 72 valence electrons. The molecule has 1 rings (SSSR count). The van der Waals surface area contributed by atoms with Gasteiger partial charge in [-0.05, 0) is 0 Å². The molecule has 0 radical (unpaired) electrons. The molecule has 1 heterocycles. The molecule has 1 aliphatic rings. The third-order valence-electron chi connectivity index (χ3n) is 2.08. The zero-order valence-corrected chi connectivity index (χ0v) is 9.44. The van der Waals surface area contributed by atoms with Crippen LogP contribution in [0.4, 0.5) is 4.20 Å². The monoisotopic (exact) mass is 212 g/mol. The first-order chi connectivity index (χ1) is 5.31. The molecule has 0 atom stereocenters. The van der Waals surface area contributed by atoms with Crippen molar-refractivity contribution < 1.29 is 17.8 Å². The van der Waals surface area contributed by atoms with Gasteiger partial charge < -0.3 is 0 Å². The van der Waals surface area contributed by atoms with E-state index in [0.29, 0.717) is 0 Å². The zero-order chi connectivity index (χ0) is 9.41. The van der Waals surface area contributed by atoms with E-state index in [1.54, 1.807) is 0 Å². The van der Waals surface area contributed by atoms with Crippen LogP contribution >= 0.6 is 7.91 Å². The van der Waals surface area contributed by atoms with Gasteiger partial charge in [0.25, 0.3) is 0 Å². The van der Waals surface area contributed by atoms with Crippen LogP contribution in [0.2, 0.25) is 25.2 Å². The van der Waals surface area contributed by atoms with Crippen LogP contribution in [-0.2, 0) is 13.6 Å². The minimum Gasteiger partial charge on any atom is -0.284 e. The quantitative estimate of drug-likeness (QED) is 0.495. The van der Waals surface area contributed by atoms with Crippen molar-refractivity contribution in [2.24, 2.45) is 0 Å². The van der Waals surface area contributed by atoms with Gasteiger partial charge in [-0.3, -0.25) is 9.05 Å². The predicted octanol–water partition coefficient (Wildman–Crippen LogP) is 2.82. The van der Waals surface area contributed by atoms with E-state index in [1.807, 2.05) is 0 Å². The van der Waals surface area contributed by atoms with Gasteiger partial charge in [0.05, 0.1) is 21.3 Å². The third kappa shape index (κ3) is 2.66. The number of hydrogen-bond acceptors (Lipinski definition) is 3. The fourth-order valence-corrected chi connectivity index (χ4v) is 3.18. The van der Waals surface area contributed by atoms with Crippen molar-refractivity contribution in [2.45, 2.75) is 25.2 Å². The van der Waals surface area contributed by atoms with Gasteiger partial charge in [0.15, 0.2) is 0 Å². The van der Waals surface area contributed by atoms with Crippen LogP contribution in [0.25, 0.3) is 0 Å². The largest absolute Gasteiger partial charge is 0.513 e. The molecule has 1 aliphatic heterocycles. The van der Waals surface area contributed by atoms with Gasteiger partial charge >= 0.3 is 7.91 Å². The Bertz CT molecular complexity index is 203. The van der Waals surface area contributed by atoms with E-state index in [4.69, 9.17) is 0 Å². The Kier molecular flexibility index (Phi) is 2.78. The molecule has 0 unspecified atom stereocenters. The average Bonchev–Trinajstić information content (AvgIpc) is 1.83. The molecule has 0 spiro atoms. The van der Waals surface area contributed by atoms with E-state index in [9.17, 15) is 8.76 Å². The van der Waals surface area contributed by atoms with Crippen molar-refractivity contribution in [2.75, 3.05) is 13.2 Å². The lowest BCUT2D eigenvalue weighted by Gasteiger charge is -2.32. The standard InChI is InChI=1S/C6H14FO3PSi/c1-12(2,3)6-4-9-11(7,8)10-5-6/h6H,4-5H2,1-3H3. The van der Waals surface area contributed by atoms with Crippen molar-refractivity contribution in [1.29, 1.82) is 0 Å². The summed E-state index contributed by atoms with van der Waals surface area (Å²) >= 11 is 0. The molecule has 0 aliphatic carbocycles. The lowest BCUT2D eigenvalue weighted by molar-refractivity contribution is 0.119. The highest BCUT2D eigenvalue weighted by Gasteiger charge is 2.38. The van der Waals surface area contributed by atoms with Crippen LogP contribution in [0.1, 0.15) is 0 Å². The number of hydrogen-bond donors (Lipinski definition) is 0. The Balaban J connectivity index is 2.53. The number of rotatable bonds is 1. The van der Waals surface area contributed by atoms with Crippen LogP contribution in [0.5, 0.6) is 0 Å². The van der Waals surface area contributed by atoms with Crippen LogP contribution in [0.3, 0.4) is 0 Å². The Labute approximate surface area is 72.9 Å². The first-order valence-corrected chi connectivity index (χ1v) is 8.91. The molecule has 0 aromatic rings. The molecule has 6 heteroatoms. The summed E-state index contributed by atoms with van der Waals surface area (Å²) in [6.07, 6.45) is 0. The topological polar surface area (TPSA) is 35.5 Å². The predicted molar refractivity (Wildman–Crippen MR) is 47.7 cm³/mol. The van der Waals surface area contributed by atoms with Crippen molar-refractivity contribution in [3.05, 3.63) is 0 Å². The van der Waals surface area contributed by atoms with Crippen molar-refractivity contribution in [3.63, 3.8) is 0 Å². The maximum atomic E-state index is 12.6. The summed E-state index contributed by atoms with van der Waals surface area (Å²) < 4.78 is 32.2. The summed E-state index contributed by atoms with van der Waals surface area (Å²) in [6, 6.07) is 0. The summed E-state index contributed by atoms with van der Waals surface area (Å²) in [5.41, 5.74) is 0.246. The maximum Gasteiger partial charge on any atom is 0.513 e. The van der Waals surface area contributed by atoms with Gasteiger partial charge in [-0.1, -0.05) is 19.6 Å². The molecule has 12 heavy (non-hydrogen) atoms. The van der Waals surface area contributed by atoms with E-state index in [-0.39, 0.29) is 18.8 Å². The van der Waals surface area contributed by atoms with Crippen LogP contribution in [0, 0.1) is 0 Å². The highest BCUT2D eigenvalue weighted by Crippen LogP contribution is 2.54. The lowest BCUT2D eigenvalue weighted by atomic mass is 10.5. The average molecular weight is 212 g/mol. The normalized spacial score (nSPS) is 38.2.